The van der Waals surface area contributed by atoms with E-state index >= 15 is 0 Å². The molecular weight excluding hydrogens is 270 g/mol. The topological polar surface area (TPSA) is 46.2 Å². The lowest BCUT2D eigenvalue weighted by Crippen LogP contribution is -2.31. The molecule has 2 rings (SSSR count). The lowest BCUT2D eigenvalue weighted by atomic mass is 10.00. The minimum Gasteiger partial charge on any atom is -0.212 e. The van der Waals surface area contributed by atoms with Gasteiger partial charge in [-0.2, -0.15) is 0 Å². The van der Waals surface area contributed by atoms with Crippen LogP contribution in [0.25, 0.3) is 0 Å². The van der Waals surface area contributed by atoms with Crippen LogP contribution in [0.4, 0.5) is 0 Å². The second kappa shape index (κ2) is 6.68. The van der Waals surface area contributed by atoms with Crippen LogP contribution in [-0.2, 0) is 16.4 Å². The monoisotopic (exact) mass is 289 g/mol. The van der Waals surface area contributed by atoms with E-state index in [2.05, 4.69) is 4.72 Å². The zero-order valence-electron chi connectivity index (χ0n) is 11.5. The molecule has 0 radical (unpaired) electrons. The van der Waals surface area contributed by atoms with E-state index in [0.717, 1.165) is 11.1 Å². The van der Waals surface area contributed by atoms with Crippen molar-refractivity contribution in [3.05, 3.63) is 71.8 Å². The summed E-state index contributed by atoms with van der Waals surface area (Å²) in [4.78, 5) is 0. The highest BCUT2D eigenvalue weighted by atomic mass is 32.2. The van der Waals surface area contributed by atoms with Crippen molar-refractivity contribution in [3.63, 3.8) is 0 Å². The second-order valence-corrected chi connectivity index (χ2v) is 6.72. The number of rotatable bonds is 6. The van der Waals surface area contributed by atoms with Gasteiger partial charge in [0.15, 0.2) is 0 Å². The fraction of sp³-hybridized carbons (Fsp3) is 0.250. The molecule has 20 heavy (non-hydrogen) atoms. The Labute approximate surface area is 120 Å². The lowest BCUT2D eigenvalue weighted by molar-refractivity contribution is 0.556. The number of sulfonamides is 1. The van der Waals surface area contributed by atoms with E-state index in [9.17, 15) is 8.42 Å². The van der Waals surface area contributed by atoms with E-state index in [0.29, 0.717) is 6.42 Å². The molecule has 0 saturated heterocycles. The van der Waals surface area contributed by atoms with Crippen molar-refractivity contribution in [1.82, 2.24) is 4.72 Å². The summed E-state index contributed by atoms with van der Waals surface area (Å²) in [6.45, 7) is 1.65. The third-order valence-corrected chi connectivity index (χ3v) is 4.59. The van der Waals surface area contributed by atoms with Gasteiger partial charge in [-0.15, -0.1) is 0 Å². The van der Waals surface area contributed by atoms with Crippen LogP contribution in [0.5, 0.6) is 0 Å². The maximum absolute atomic E-state index is 11.9. The molecule has 4 heteroatoms. The molecule has 2 aromatic rings. The van der Waals surface area contributed by atoms with Crippen LogP contribution in [0, 0.1) is 0 Å². The third kappa shape index (κ3) is 4.18. The molecule has 0 aliphatic carbocycles. The number of hydrogen-bond acceptors (Lipinski definition) is 2. The molecule has 1 atom stereocenters. The zero-order chi connectivity index (χ0) is 14.4. The van der Waals surface area contributed by atoms with Crippen molar-refractivity contribution < 1.29 is 8.42 Å². The average molecular weight is 289 g/mol. The average Bonchev–Trinajstić information content (AvgIpc) is 2.48. The highest BCUT2D eigenvalue weighted by molar-refractivity contribution is 7.89. The molecule has 3 nitrogen and oxygen atoms in total. The van der Waals surface area contributed by atoms with E-state index in [1.807, 2.05) is 60.7 Å². The van der Waals surface area contributed by atoms with Gasteiger partial charge in [0, 0.05) is 0 Å². The van der Waals surface area contributed by atoms with Gasteiger partial charge in [0.05, 0.1) is 11.8 Å². The summed E-state index contributed by atoms with van der Waals surface area (Å²) in [6, 6.07) is 19.3. The first-order valence-corrected chi connectivity index (χ1v) is 8.35. The molecule has 0 spiro atoms. The maximum atomic E-state index is 11.9. The third-order valence-electron chi connectivity index (χ3n) is 3.19. The summed E-state index contributed by atoms with van der Waals surface area (Å²) < 4.78 is 26.5. The van der Waals surface area contributed by atoms with Crippen molar-refractivity contribution in [1.29, 1.82) is 0 Å². The molecule has 0 amide bonds. The molecule has 0 heterocycles. The van der Waals surface area contributed by atoms with Crippen molar-refractivity contribution in [2.24, 2.45) is 0 Å². The van der Waals surface area contributed by atoms with E-state index in [1.54, 1.807) is 6.92 Å². The van der Waals surface area contributed by atoms with Gasteiger partial charge >= 0.3 is 0 Å². The Bertz CT molecular complexity index is 624. The smallest absolute Gasteiger partial charge is 0.211 e. The zero-order valence-corrected chi connectivity index (χ0v) is 12.3. The Morgan fingerprint density at radius 2 is 1.50 bits per heavy atom. The lowest BCUT2D eigenvalue weighted by Gasteiger charge is -2.19. The van der Waals surface area contributed by atoms with Gasteiger partial charge < -0.3 is 0 Å². The minimum absolute atomic E-state index is 0.0884. The highest BCUT2D eigenvalue weighted by Gasteiger charge is 2.18. The summed E-state index contributed by atoms with van der Waals surface area (Å²) in [6.07, 6.45) is 0.643. The van der Waals surface area contributed by atoms with Crippen LogP contribution in [0.3, 0.4) is 0 Å². The molecule has 106 valence electrons. The van der Waals surface area contributed by atoms with Gasteiger partial charge in [-0.05, 0) is 24.5 Å². The fourth-order valence-electron chi connectivity index (χ4n) is 2.06. The normalized spacial score (nSPS) is 13.1. The van der Waals surface area contributed by atoms with Crippen LogP contribution < -0.4 is 4.72 Å². The van der Waals surface area contributed by atoms with Gasteiger partial charge in [0.25, 0.3) is 0 Å². The minimum atomic E-state index is -3.24. The van der Waals surface area contributed by atoms with Crippen LogP contribution in [0.2, 0.25) is 0 Å². The summed E-state index contributed by atoms with van der Waals surface area (Å²) in [7, 11) is -3.24. The maximum Gasteiger partial charge on any atom is 0.211 e. The van der Waals surface area contributed by atoms with Crippen LogP contribution >= 0.6 is 0 Å². The van der Waals surface area contributed by atoms with E-state index in [4.69, 9.17) is 0 Å². The van der Waals surface area contributed by atoms with Gasteiger partial charge in [0.2, 0.25) is 10.0 Å². The standard InChI is InChI=1S/C16H19NO2S/c1-2-20(18,19)17-16(15-11-7-4-8-12-15)13-14-9-5-3-6-10-14/h3-12,16-17H,2,13H2,1H3. The Kier molecular flexibility index (Phi) is 4.93. The van der Waals surface area contributed by atoms with E-state index in [1.165, 1.54) is 0 Å². The predicted octanol–water partition coefficient (Wildman–Crippen LogP) is 2.91. The fourth-order valence-corrected chi connectivity index (χ4v) is 2.88. The number of nitrogens with one attached hydrogen (secondary N) is 1. The van der Waals surface area contributed by atoms with Crippen molar-refractivity contribution >= 4 is 10.0 Å². The van der Waals surface area contributed by atoms with Crippen LogP contribution in [0.15, 0.2) is 60.7 Å². The van der Waals surface area contributed by atoms with Crippen molar-refractivity contribution in [3.8, 4) is 0 Å². The number of hydrogen-bond donors (Lipinski definition) is 1. The molecule has 0 aliphatic heterocycles. The van der Waals surface area contributed by atoms with E-state index < -0.39 is 10.0 Å². The number of benzene rings is 2. The molecule has 0 saturated carbocycles. The molecule has 0 aliphatic rings. The van der Waals surface area contributed by atoms with E-state index in [-0.39, 0.29) is 11.8 Å². The first-order valence-electron chi connectivity index (χ1n) is 6.69. The Hall–Kier alpha value is -1.65. The van der Waals surface area contributed by atoms with Gasteiger partial charge in [0.1, 0.15) is 0 Å². The first kappa shape index (κ1) is 14.8. The molecule has 1 N–H and O–H groups in total. The Morgan fingerprint density at radius 1 is 0.950 bits per heavy atom. The molecule has 0 bridgehead atoms. The van der Waals surface area contributed by atoms with Gasteiger partial charge in [-0.25, -0.2) is 13.1 Å². The molecule has 2 aromatic carbocycles. The molecular formula is C16H19NO2S. The predicted molar refractivity (Wildman–Crippen MR) is 81.9 cm³/mol. The molecule has 1 unspecified atom stereocenters. The van der Waals surface area contributed by atoms with Crippen LogP contribution in [-0.4, -0.2) is 14.2 Å². The van der Waals surface area contributed by atoms with Gasteiger partial charge in [-0.1, -0.05) is 60.7 Å². The summed E-state index contributed by atoms with van der Waals surface area (Å²) in [5.41, 5.74) is 2.09. The Morgan fingerprint density at radius 3 is 2.05 bits per heavy atom. The van der Waals surface area contributed by atoms with Crippen LogP contribution in [0.1, 0.15) is 24.1 Å². The summed E-state index contributed by atoms with van der Waals surface area (Å²) in [5.74, 6) is 0.0884. The summed E-state index contributed by atoms with van der Waals surface area (Å²) in [5, 5.41) is 0. The largest absolute Gasteiger partial charge is 0.212 e. The molecule has 0 fully saturated rings. The Balaban J connectivity index is 2.25. The quantitative estimate of drug-likeness (QED) is 0.888. The van der Waals surface area contributed by atoms with Crippen molar-refractivity contribution in [2.45, 2.75) is 19.4 Å². The SMILES string of the molecule is CCS(=O)(=O)NC(Cc1ccccc1)c1ccccc1. The highest BCUT2D eigenvalue weighted by Crippen LogP contribution is 2.19. The molecule has 0 aromatic heterocycles. The van der Waals surface area contributed by atoms with Crippen molar-refractivity contribution in [2.75, 3.05) is 5.75 Å². The van der Waals surface area contributed by atoms with Gasteiger partial charge in [-0.3, -0.25) is 0 Å². The second-order valence-electron chi connectivity index (χ2n) is 4.67. The summed E-state index contributed by atoms with van der Waals surface area (Å²) >= 11 is 0. The first-order chi connectivity index (χ1) is 9.61.